The van der Waals surface area contributed by atoms with Gasteiger partial charge in [-0.15, -0.1) is 0 Å². The van der Waals surface area contributed by atoms with Crippen molar-refractivity contribution in [2.75, 3.05) is 11.9 Å². The van der Waals surface area contributed by atoms with E-state index in [4.69, 9.17) is 0 Å². The van der Waals surface area contributed by atoms with Crippen LogP contribution in [0, 0.1) is 0 Å². The molecule has 8 heteroatoms. The number of anilines is 1. The maximum Gasteiger partial charge on any atom is 0.251 e. The summed E-state index contributed by atoms with van der Waals surface area (Å²) in [5, 5.41) is 5.16. The van der Waals surface area contributed by atoms with Gasteiger partial charge in [0.1, 0.15) is 24.3 Å². The molecule has 0 fully saturated rings. The zero-order valence-electron chi connectivity index (χ0n) is 12.6. The molecule has 0 atom stereocenters. The minimum absolute atomic E-state index is 0.155. The quantitative estimate of drug-likeness (QED) is 0.730. The molecule has 0 aliphatic carbocycles. The van der Waals surface area contributed by atoms with Gasteiger partial charge >= 0.3 is 0 Å². The maximum atomic E-state index is 11.9. The van der Waals surface area contributed by atoms with Crippen LogP contribution in [0.5, 0.6) is 0 Å². The summed E-state index contributed by atoms with van der Waals surface area (Å²) in [6.45, 7) is -0.155. The first-order valence-electron chi connectivity index (χ1n) is 7.16. The Morgan fingerprint density at radius 2 is 1.96 bits per heavy atom. The first kappa shape index (κ1) is 15.3. The van der Waals surface area contributed by atoms with E-state index in [1.807, 2.05) is 6.07 Å². The van der Waals surface area contributed by atoms with Crippen molar-refractivity contribution in [1.82, 2.24) is 24.8 Å². The SMILES string of the molecule is O=C(CNC(=O)c1ccccc1)Nc1cc(-n2ccnc2)ncn1. The van der Waals surface area contributed by atoms with Gasteiger partial charge in [-0.2, -0.15) is 0 Å². The summed E-state index contributed by atoms with van der Waals surface area (Å²) in [6, 6.07) is 10.3. The second-order valence-corrected chi connectivity index (χ2v) is 4.83. The van der Waals surface area contributed by atoms with E-state index < -0.39 is 0 Å². The average molecular weight is 322 g/mol. The third-order valence-electron chi connectivity index (χ3n) is 3.13. The maximum absolute atomic E-state index is 11.9. The molecular formula is C16H14N6O2. The van der Waals surface area contributed by atoms with E-state index in [0.29, 0.717) is 17.2 Å². The molecule has 0 spiro atoms. The number of hydrogen-bond acceptors (Lipinski definition) is 5. The van der Waals surface area contributed by atoms with Crippen molar-refractivity contribution in [3.05, 3.63) is 67.0 Å². The molecule has 3 aromatic rings. The number of rotatable bonds is 5. The Balaban J connectivity index is 1.57. The van der Waals surface area contributed by atoms with Gasteiger partial charge in [0, 0.05) is 24.0 Å². The van der Waals surface area contributed by atoms with Gasteiger partial charge in [-0.1, -0.05) is 18.2 Å². The predicted octanol–water partition coefficient (Wildman–Crippen LogP) is 1.03. The van der Waals surface area contributed by atoms with Gasteiger partial charge in [0.2, 0.25) is 5.91 Å². The van der Waals surface area contributed by atoms with Crippen molar-refractivity contribution in [1.29, 1.82) is 0 Å². The minimum Gasteiger partial charge on any atom is -0.343 e. The number of benzene rings is 1. The van der Waals surface area contributed by atoms with E-state index in [-0.39, 0.29) is 18.4 Å². The molecule has 0 unspecified atom stereocenters. The van der Waals surface area contributed by atoms with Crippen molar-refractivity contribution >= 4 is 17.6 Å². The van der Waals surface area contributed by atoms with Gasteiger partial charge in [-0.25, -0.2) is 15.0 Å². The molecule has 24 heavy (non-hydrogen) atoms. The van der Waals surface area contributed by atoms with Crippen molar-refractivity contribution in [2.24, 2.45) is 0 Å². The predicted molar refractivity (Wildman–Crippen MR) is 86.6 cm³/mol. The standard InChI is InChI=1S/C16H14N6O2/c23-15(9-18-16(24)12-4-2-1-3-5-12)21-13-8-14(20-10-19-13)22-7-6-17-11-22/h1-8,10-11H,9H2,(H,18,24)(H,19,20,21,23). The smallest absolute Gasteiger partial charge is 0.251 e. The van der Waals surface area contributed by atoms with Crippen LogP contribution in [0.25, 0.3) is 5.82 Å². The summed E-state index contributed by atoms with van der Waals surface area (Å²) in [7, 11) is 0. The Bertz CT molecular complexity index is 833. The van der Waals surface area contributed by atoms with Crippen molar-refractivity contribution < 1.29 is 9.59 Å². The van der Waals surface area contributed by atoms with Crippen molar-refractivity contribution in [2.45, 2.75) is 0 Å². The highest BCUT2D eigenvalue weighted by atomic mass is 16.2. The molecule has 0 aliphatic rings. The Labute approximate surface area is 137 Å². The Morgan fingerprint density at radius 1 is 1.12 bits per heavy atom. The van der Waals surface area contributed by atoms with Crippen LogP contribution in [-0.4, -0.2) is 37.9 Å². The van der Waals surface area contributed by atoms with Crippen LogP contribution in [0.4, 0.5) is 5.82 Å². The topological polar surface area (TPSA) is 102 Å². The molecule has 0 aliphatic heterocycles. The van der Waals surface area contributed by atoms with Crippen LogP contribution in [-0.2, 0) is 4.79 Å². The molecule has 3 rings (SSSR count). The fourth-order valence-electron chi connectivity index (χ4n) is 1.99. The number of nitrogens with one attached hydrogen (secondary N) is 2. The molecule has 120 valence electrons. The highest BCUT2D eigenvalue weighted by molar-refractivity contribution is 5.99. The van der Waals surface area contributed by atoms with E-state index in [1.165, 1.54) is 6.33 Å². The number of nitrogens with zero attached hydrogens (tertiary/aromatic N) is 4. The molecule has 0 bridgehead atoms. The summed E-state index contributed by atoms with van der Waals surface area (Å²) >= 11 is 0. The van der Waals surface area contributed by atoms with E-state index in [1.54, 1.807) is 53.6 Å². The summed E-state index contributed by atoms with van der Waals surface area (Å²) < 4.78 is 1.69. The summed E-state index contributed by atoms with van der Waals surface area (Å²) in [4.78, 5) is 35.8. The normalized spacial score (nSPS) is 10.2. The van der Waals surface area contributed by atoms with Gasteiger partial charge < -0.3 is 10.6 Å². The highest BCUT2D eigenvalue weighted by Crippen LogP contribution is 2.08. The van der Waals surface area contributed by atoms with E-state index in [0.717, 1.165) is 0 Å². The average Bonchev–Trinajstić information content (AvgIpc) is 3.15. The molecule has 2 amide bonds. The molecule has 2 aromatic heterocycles. The fourth-order valence-corrected chi connectivity index (χ4v) is 1.99. The monoisotopic (exact) mass is 322 g/mol. The van der Waals surface area contributed by atoms with Gasteiger partial charge in [0.25, 0.3) is 5.91 Å². The molecule has 2 heterocycles. The number of amides is 2. The first-order valence-corrected chi connectivity index (χ1v) is 7.16. The number of carbonyl (C=O) groups excluding carboxylic acids is 2. The number of imidazole rings is 1. The molecule has 1 aromatic carbocycles. The lowest BCUT2D eigenvalue weighted by Crippen LogP contribution is -2.33. The molecule has 0 radical (unpaired) electrons. The first-order chi connectivity index (χ1) is 11.7. The summed E-state index contributed by atoms with van der Waals surface area (Å²) in [5.41, 5.74) is 0.495. The summed E-state index contributed by atoms with van der Waals surface area (Å²) in [5.74, 6) is 0.223. The summed E-state index contributed by atoms with van der Waals surface area (Å²) in [6.07, 6.45) is 6.29. The molecule has 2 N–H and O–H groups in total. The molecular weight excluding hydrogens is 308 g/mol. The van der Waals surface area contributed by atoms with Crippen LogP contribution in [0.3, 0.4) is 0 Å². The lowest BCUT2D eigenvalue weighted by molar-refractivity contribution is -0.115. The third kappa shape index (κ3) is 3.80. The van der Waals surface area contributed by atoms with Crippen LogP contribution in [0.15, 0.2) is 61.4 Å². The van der Waals surface area contributed by atoms with Gasteiger partial charge in [-0.05, 0) is 12.1 Å². The minimum atomic E-state index is -0.380. The van der Waals surface area contributed by atoms with Crippen molar-refractivity contribution in [3.63, 3.8) is 0 Å². The zero-order chi connectivity index (χ0) is 16.8. The van der Waals surface area contributed by atoms with E-state index >= 15 is 0 Å². The lowest BCUT2D eigenvalue weighted by Gasteiger charge is -2.07. The Hall–Kier alpha value is -3.55. The lowest BCUT2D eigenvalue weighted by atomic mass is 10.2. The van der Waals surface area contributed by atoms with E-state index in [2.05, 4.69) is 25.6 Å². The largest absolute Gasteiger partial charge is 0.343 e. The van der Waals surface area contributed by atoms with Gasteiger partial charge in [0.05, 0.1) is 6.54 Å². The van der Waals surface area contributed by atoms with E-state index in [9.17, 15) is 9.59 Å². The zero-order valence-corrected chi connectivity index (χ0v) is 12.6. The number of aromatic nitrogens is 4. The third-order valence-corrected chi connectivity index (χ3v) is 3.13. The Morgan fingerprint density at radius 3 is 2.71 bits per heavy atom. The number of carbonyl (C=O) groups is 2. The van der Waals surface area contributed by atoms with Crippen LogP contribution < -0.4 is 10.6 Å². The molecule has 0 saturated heterocycles. The van der Waals surface area contributed by atoms with Crippen LogP contribution in [0.1, 0.15) is 10.4 Å². The Kier molecular flexibility index (Phi) is 4.57. The molecule has 0 saturated carbocycles. The second-order valence-electron chi connectivity index (χ2n) is 4.83. The van der Waals surface area contributed by atoms with Crippen LogP contribution >= 0.6 is 0 Å². The van der Waals surface area contributed by atoms with Crippen LogP contribution in [0.2, 0.25) is 0 Å². The second kappa shape index (κ2) is 7.14. The fraction of sp³-hybridized carbons (Fsp3) is 0.0625. The number of hydrogen-bond donors (Lipinski definition) is 2. The van der Waals surface area contributed by atoms with Gasteiger partial charge in [-0.3, -0.25) is 14.2 Å². The van der Waals surface area contributed by atoms with Crippen molar-refractivity contribution in [3.8, 4) is 5.82 Å². The van der Waals surface area contributed by atoms with Gasteiger partial charge in [0.15, 0.2) is 0 Å². The highest BCUT2D eigenvalue weighted by Gasteiger charge is 2.09. The molecule has 8 nitrogen and oxygen atoms in total.